The molecule has 2 N–H and O–H groups in total. The molecule has 2 aromatic heterocycles. The first-order valence-electron chi connectivity index (χ1n) is 5.10. The van der Waals surface area contributed by atoms with Crippen LogP contribution < -0.4 is 5.73 Å². The third kappa shape index (κ3) is 2.68. The molecule has 0 spiro atoms. The predicted molar refractivity (Wildman–Crippen MR) is 66.0 cm³/mol. The standard InChI is InChI=1S/C11H13BrN4/c12-9-1-2-10(15-7-9)8-16-6-5-14-11(16)3-4-13/h1-2,5-7H,3-4,8,13H2. The monoisotopic (exact) mass is 280 g/mol. The highest BCUT2D eigenvalue weighted by molar-refractivity contribution is 9.10. The SMILES string of the molecule is NCCc1nccn1Cc1ccc(Br)cn1. The normalized spacial score (nSPS) is 10.6. The van der Waals surface area contributed by atoms with Gasteiger partial charge < -0.3 is 10.3 Å². The van der Waals surface area contributed by atoms with E-state index in [0.29, 0.717) is 6.54 Å². The van der Waals surface area contributed by atoms with Gasteiger partial charge in [0.2, 0.25) is 0 Å². The van der Waals surface area contributed by atoms with Gasteiger partial charge in [-0.1, -0.05) is 0 Å². The predicted octanol–water partition coefficient (Wildman–Crippen LogP) is 1.59. The summed E-state index contributed by atoms with van der Waals surface area (Å²) in [5, 5.41) is 0. The molecule has 0 fully saturated rings. The summed E-state index contributed by atoms with van der Waals surface area (Å²) in [4.78, 5) is 8.59. The molecule has 0 aliphatic rings. The topological polar surface area (TPSA) is 56.7 Å². The summed E-state index contributed by atoms with van der Waals surface area (Å²) in [6, 6.07) is 3.98. The van der Waals surface area contributed by atoms with Crippen molar-refractivity contribution in [2.45, 2.75) is 13.0 Å². The van der Waals surface area contributed by atoms with Crippen LogP contribution >= 0.6 is 15.9 Å². The van der Waals surface area contributed by atoms with Gasteiger partial charge in [-0.05, 0) is 34.6 Å². The van der Waals surface area contributed by atoms with E-state index in [1.54, 1.807) is 12.4 Å². The summed E-state index contributed by atoms with van der Waals surface area (Å²) in [5.41, 5.74) is 6.54. The molecule has 0 saturated heterocycles. The van der Waals surface area contributed by atoms with Gasteiger partial charge in [0.15, 0.2) is 0 Å². The Morgan fingerprint density at radius 3 is 2.88 bits per heavy atom. The maximum Gasteiger partial charge on any atom is 0.110 e. The minimum atomic E-state index is 0.616. The Hall–Kier alpha value is -1.20. The van der Waals surface area contributed by atoms with Crippen molar-refractivity contribution in [3.63, 3.8) is 0 Å². The number of aromatic nitrogens is 3. The fraction of sp³-hybridized carbons (Fsp3) is 0.273. The Morgan fingerprint density at radius 1 is 1.31 bits per heavy atom. The molecule has 2 rings (SSSR count). The average Bonchev–Trinajstić information content (AvgIpc) is 2.70. The summed E-state index contributed by atoms with van der Waals surface area (Å²) in [7, 11) is 0. The van der Waals surface area contributed by atoms with Crippen LogP contribution in [-0.4, -0.2) is 21.1 Å². The zero-order valence-corrected chi connectivity index (χ0v) is 10.4. The van der Waals surface area contributed by atoms with Gasteiger partial charge in [-0.15, -0.1) is 0 Å². The van der Waals surface area contributed by atoms with E-state index in [4.69, 9.17) is 5.73 Å². The molecule has 0 atom stereocenters. The molecular weight excluding hydrogens is 268 g/mol. The highest BCUT2D eigenvalue weighted by Crippen LogP contribution is 2.09. The number of nitrogens with zero attached hydrogens (tertiary/aromatic N) is 3. The van der Waals surface area contributed by atoms with Gasteiger partial charge in [0, 0.05) is 29.5 Å². The maximum atomic E-state index is 5.53. The summed E-state index contributed by atoms with van der Waals surface area (Å²) in [6.45, 7) is 1.35. The Kier molecular flexibility index (Phi) is 3.69. The van der Waals surface area contributed by atoms with Crippen molar-refractivity contribution in [2.24, 2.45) is 5.73 Å². The Labute approximate surface area is 103 Å². The van der Waals surface area contributed by atoms with E-state index in [9.17, 15) is 0 Å². The average molecular weight is 281 g/mol. The quantitative estimate of drug-likeness (QED) is 0.926. The minimum absolute atomic E-state index is 0.616. The van der Waals surface area contributed by atoms with Gasteiger partial charge in [-0.2, -0.15) is 0 Å². The lowest BCUT2D eigenvalue weighted by molar-refractivity contribution is 0.703. The summed E-state index contributed by atoms with van der Waals surface area (Å²) in [5.74, 6) is 1.01. The maximum absolute atomic E-state index is 5.53. The number of pyridine rings is 1. The molecule has 0 bridgehead atoms. The first-order chi connectivity index (χ1) is 7.79. The van der Waals surface area contributed by atoms with Gasteiger partial charge in [-0.25, -0.2) is 4.98 Å². The molecule has 0 unspecified atom stereocenters. The molecular formula is C11H13BrN4. The molecule has 84 valence electrons. The van der Waals surface area contributed by atoms with Crippen LogP contribution in [-0.2, 0) is 13.0 Å². The van der Waals surface area contributed by atoms with E-state index in [1.165, 1.54) is 0 Å². The van der Waals surface area contributed by atoms with Crippen molar-refractivity contribution >= 4 is 15.9 Å². The van der Waals surface area contributed by atoms with Gasteiger partial charge in [0.05, 0.1) is 12.2 Å². The lowest BCUT2D eigenvalue weighted by Gasteiger charge is -2.06. The van der Waals surface area contributed by atoms with Crippen LogP contribution in [0.3, 0.4) is 0 Å². The molecule has 0 radical (unpaired) electrons. The van der Waals surface area contributed by atoms with Gasteiger partial charge >= 0.3 is 0 Å². The molecule has 16 heavy (non-hydrogen) atoms. The first kappa shape index (κ1) is 11.3. The fourth-order valence-electron chi connectivity index (χ4n) is 1.52. The molecule has 2 aromatic rings. The lowest BCUT2D eigenvalue weighted by atomic mass is 10.3. The molecule has 0 aliphatic carbocycles. The summed E-state index contributed by atoms with van der Waals surface area (Å²) >= 11 is 3.36. The molecule has 4 nitrogen and oxygen atoms in total. The van der Waals surface area contributed by atoms with Gasteiger partial charge in [0.25, 0.3) is 0 Å². The van der Waals surface area contributed by atoms with Crippen molar-refractivity contribution in [3.05, 3.63) is 46.7 Å². The van der Waals surface area contributed by atoms with Crippen molar-refractivity contribution < 1.29 is 0 Å². The number of hydrogen-bond donors (Lipinski definition) is 1. The fourth-order valence-corrected chi connectivity index (χ4v) is 1.75. The van der Waals surface area contributed by atoms with E-state index in [2.05, 4.69) is 30.5 Å². The van der Waals surface area contributed by atoms with E-state index in [-0.39, 0.29) is 0 Å². The van der Waals surface area contributed by atoms with Crippen LogP contribution in [0.5, 0.6) is 0 Å². The van der Waals surface area contributed by atoms with Crippen LogP contribution in [0.2, 0.25) is 0 Å². The minimum Gasteiger partial charge on any atom is -0.330 e. The summed E-state index contributed by atoms with van der Waals surface area (Å²) < 4.78 is 3.06. The number of rotatable bonds is 4. The highest BCUT2D eigenvalue weighted by Gasteiger charge is 2.03. The van der Waals surface area contributed by atoms with Crippen molar-refractivity contribution in [1.29, 1.82) is 0 Å². The van der Waals surface area contributed by atoms with E-state index < -0.39 is 0 Å². The molecule has 0 saturated carbocycles. The van der Waals surface area contributed by atoms with Crippen LogP contribution in [0.1, 0.15) is 11.5 Å². The zero-order chi connectivity index (χ0) is 11.4. The second-order valence-corrected chi connectivity index (χ2v) is 4.39. The second kappa shape index (κ2) is 5.23. The van der Waals surface area contributed by atoms with Crippen LogP contribution in [0.4, 0.5) is 0 Å². The molecule has 0 aromatic carbocycles. The first-order valence-corrected chi connectivity index (χ1v) is 5.89. The molecule has 5 heteroatoms. The molecule has 0 aliphatic heterocycles. The Bertz CT molecular complexity index is 449. The smallest absolute Gasteiger partial charge is 0.110 e. The third-order valence-corrected chi connectivity index (χ3v) is 2.76. The van der Waals surface area contributed by atoms with Gasteiger partial charge in [0.1, 0.15) is 5.82 Å². The number of hydrogen-bond acceptors (Lipinski definition) is 3. The van der Waals surface area contributed by atoms with E-state index in [0.717, 1.165) is 29.0 Å². The lowest BCUT2D eigenvalue weighted by Crippen LogP contribution is -2.10. The second-order valence-electron chi connectivity index (χ2n) is 3.48. The van der Waals surface area contributed by atoms with Crippen molar-refractivity contribution in [2.75, 3.05) is 6.54 Å². The Balaban J connectivity index is 2.13. The van der Waals surface area contributed by atoms with E-state index >= 15 is 0 Å². The number of halogens is 1. The number of imidazole rings is 1. The molecule has 2 heterocycles. The van der Waals surface area contributed by atoms with Crippen LogP contribution in [0.15, 0.2) is 35.2 Å². The molecule has 0 amide bonds. The largest absolute Gasteiger partial charge is 0.330 e. The Morgan fingerprint density at radius 2 is 2.19 bits per heavy atom. The van der Waals surface area contributed by atoms with Crippen LogP contribution in [0, 0.1) is 0 Å². The van der Waals surface area contributed by atoms with Crippen molar-refractivity contribution in [3.8, 4) is 0 Å². The third-order valence-electron chi connectivity index (χ3n) is 2.29. The zero-order valence-electron chi connectivity index (χ0n) is 8.81. The number of nitrogens with two attached hydrogens (primary N) is 1. The highest BCUT2D eigenvalue weighted by atomic mass is 79.9. The van der Waals surface area contributed by atoms with Gasteiger partial charge in [-0.3, -0.25) is 4.98 Å². The van der Waals surface area contributed by atoms with Crippen molar-refractivity contribution in [1.82, 2.24) is 14.5 Å². The van der Waals surface area contributed by atoms with E-state index in [1.807, 2.05) is 18.3 Å². The summed E-state index contributed by atoms with van der Waals surface area (Å²) in [6.07, 6.45) is 6.34. The van der Waals surface area contributed by atoms with Crippen LogP contribution in [0.25, 0.3) is 0 Å².